The van der Waals surface area contributed by atoms with E-state index >= 15 is 0 Å². The van der Waals surface area contributed by atoms with Crippen LogP contribution in [0.4, 0.5) is 11.4 Å². The zero-order valence-electron chi connectivity index (χ0n) is 18.5. The first kappa shape index (κ1) is 23.6. The van der Waals surface area contributed by atoms with Crippen molar-refractivity contribution in [2.24, 2.45) is 5.92 Å². The number of amides is 2. The highest BCUT2D eigenvalue weighted by Crippen LogP contribution is 2.27. The normalized spacial score (nSPS) is 11.9. The average molecular weight is 410 g/mol. The van der Waals surface area contributed by atoms with Gasteiger partial charge in [0.1, 0.15) is 0 Å². The van der Waals surface area contributed by atoms with Crippen molar-refractivity contribution in [2.75, 3.05) is 31.1 Å². The highest BCUT2D eigenvalue weighted by molar-refractivity contribution is 6.00. The third-order valence-corrected chi connectivity index (χ3v) is 5.20. The number of rotatable bonds is 12. The van der Waals surface area contributed by atoms with Gasteiger partial charge < -0.3 is 10.2 Å². The molecule has 30 heavy (non-hydrogen) atoms. The standard InChI is InChI=1S/C25H35N3O2/c1-4-27(5-2)18-12-17-26-24(29)19-21(3)20-25(30)28(22-13-8-6-9-14-22)23-15-10-7-11-16-23/h6-11,13-16,21H,4-5,12,17-20H2,1-3H3,(H,26,29). The number of nitrogens with zero attached hydrogens (tertiary/aromatic N) is 2. The van der Waals surface area contributed by atoms with E-state index in [4.69, 9.17) is 0 Å². The smallest absolute Gasteiger partial charge is 0.231 e. The number of carbonyl (C=O) groups excluding carboxylic acids is 2. The van der Waals surface area contributed by atoms with E-state index in [1.807, 2.05) is 67.6 Å². The molecule has 0 fully saturated rings. The lowest BCUT2D eigenvalue weighted by molar-refractivity contribution is -0.122. The molecular formula is C25H35N3O2. The van der Waals surface area contributed by atoms with Crippen LogP contribution in [-0.2, 0) is 9.59 Å². The van der Waals surface area contributed by atoms with Crippen LogP contribution in [-0.4, -0.2) is 42.9 Å². The van der Waals surface area contributed by atoms with E-state index in [1.54, 1.807) is 4.90 Å². The zero-order valence-corrected chi connectivity index (χ0v) is 18.5. The number of hydrogen-bond acceptors (Lipinski definition) is 3. The van der Waals surface area contributed by atoms with Crippen LogP contribution in [0.25, 0.3) is 0 Å². The summed E-state index contributed by atoms with van der Waals surface area (Å²) in [5, 5.41) is 2.99. The summed E-state index contributed by atoms with van der Waals surface area (Å²) in [4.78, 5) is 29.5. The fourth-order valence-corrected chi connectivity index (χ4v) is 3.51. The number of nitrogens with one attached hydrogen (secondary N) is 1. The Kier molecular flexibility index (Phi) is 10.1. The van der Waals surface area contributed by atoms with Crippen LogP contribution in [0.15, 0.2) is 60.7 Å². The molecule has 5 heteroatoms. The second-order valence-electron chi connectivity index (χ2n) is 7.64. The van der Waals surface area contributed by atoms with Crippen LogP contribution in [0.5, 0.6) is 0 Å². The predicted molar refractivity (Wildman–Crippen MR) is 124 cm³/mol. The molecule has 0 spiro atoms. The number of anilines is 2. The van der Waals surface area contributed by atoms with Crippen molar-refractivity contribution < 1.29 is 9.59 Å². The molecule has 0 aliphatic carbocycles. The topological polar surface area (TPSA) is 52.7 Å². The van der Waals surface area contributed by atoms with E-state index in [1.165, 1.54) is 0 Å². The van der Waals surface area contributed by atoms with Gasteiger partial charge in [0, 0.05) is 30.8 Å². The molecule has 0 aliphatic heterocycles. The van der Waals surface area contributed by atoms with Crippen molar-refractivity contribution in [3.05, 3.63) is 60.7 Å². The summed E-state index contributed by atoms with van der Waals surface area (Å²) in [7, 11) is 0. The molecule has 0 aliphatic rings. The molecule has 1 unspecified atom stereocenters. The SMILES string of the molecule is CCN(CC)CCCNC(=O)CC(C)CC(=O)N(c1ccccc1)c1ccccc1. The molecule has 0 aromatic heterocycles. The molecule has 0 saturated heterocycles. The molecule has 1 atom stereocenters. The summed E-state index contributed by atoms with van der Waals surface area (Å²) in [6.45, 7) is 9.98. The number of benzene rings is 2. The van der Waals surface area contributed by atoms with Gasteiger partial charge in [-0.3, -0.25) is 14.5 Å². The van der Waals surface area contributed by atoms with Crippen LogP contribution in [0.3, 0.4) is 0 Å². The second-order valence-corrected chi connectivity index (χ2v) is 7.64. The third-order valence-electron chi connectivity index (χ3n) is 5.20. The fraction of sp³-hybridized carbons (Fsp3) is 0.440. The Bertz CT molecular complexity index is 721. The Labute approximate surface area is 181 Å². The molecule has 0 heterocycles. The summed E-state index contributed by atoms with van der Waals surface area (Å²) in [5.41, 5.74) is 1.67. The van der Waals surface area contributed by atoms with Crippen LogP contribution < -0.4 is 10.2 Å². The van der Waals surface area contributed by atoms with Gasteiger partial charge in [-0.2, -0.15) is 0 Å². The van der Waals surface area contributed by atoms with Gasteiger partial charge in [-0.1, -0.05) is 57.2 Å². The Balaban J connectivity index is 1.88. The first-order valence-electron chi connectivity index (χ1n) is 11.0. The second kappa shape index (κ2) is 12.8. The van der Waals surface area contributed by atoms with Crippen LogP contribution in [0, 0.1) is 5.92 Å². The Morgan fingerprint density at radius 2 is 1.40 bits per heavy atom. The average Bonchev–Trinajstić information content (AvgIpc) is 2.75. The largest absolute Gasteiger partial charge is 0.356 e. The number of para-hydroxylation sites is 2. The van der Waals surface area contributed by atoms with Crippen LogP contribution >= 0.6 is 0 Å². The Hall–Kier alpha value is -2.66. The first-order chi connectivity index (χ1) is 14.5. The summed E-state index contributed by atoms with van der Waals surface area (Å²) in [6, 6.07) is 19.3. The molecule has 2 rings (SSSR count). The summed E-state index contributed by atoms with van der Waals surface area (Å²) in [5.74, 6) is -0.0229. The molecule has 0 radical (unpaired) electrons. The van der Waals surface area contributed by atoms with Crippen molar-refractivity contribution in [1.82, 2.24) is 10.2 Å². The van der Waals surface area contributed by atoms with Crippen LogP contribution in [0.1, 0.15) is 40.0 Å². The van der Waals surface area contributed by atoms with E-state index < -0.39 is 0 Å². The maximum absolute atomic E-state index is 13.1. The highest BCUT2D eigenvalue weighted by atomic mass is 16.2. The molecule has 2 amide bonds. The van der Waals surface area contributed by atoms with Gasteiger partial charge in [0.2, 0.25) is 11.8 Å². The molecule has 162 valence electrons. The van der Waals surface area contributed by atoms with Crippen molar-refractivity contribution in [3.63, 3.8) is 0 Å². The first-order valence-corrected chi connectivity index (χ1v) is 11.0. The lowest BCUT2D eigenvalue weighted by atomic mass is 10.0. The van der Waals surface area contributed by atoms with Crippen molar-refractivity contribution in [3.8, 4) is 0 Å². The minimum absolute atomic E-state index is 0.00534. The zero-order chi connectivity index (χ0) is 21.8. The van der Waals surface area contributed by atoms with Gasteiger partial charge in [-0.05, 0) is 56.2 Å². The van der Waals surface area contributed by atoms with E-state index in [-0.39, 0.29) is 17.7 Å². The molecule has 2 aromatic carbocycles. The van der Waals surface area contributed by atoms with Crippen molar-refractivity contribution in [2.45, 2.75) is 40.0 Å². The number of hydrogen-bond donors (Lipinski definition) is 1. The maximum atomic E-state index is 13.1. The minimum atomic E-state index is -0.0322. The molecule has 0 saturated carbocycles. The Morgan fingerprint density at radius 3 is 1.90 bits per heavy atom. The van der Waals surface area contributed by atoms with Gasteiger partial charge in [0.05, 0.1) is 0 Å². The van der Waals surface area contributed by atoms with E-state index in [2.05, 4.69) is 24.1 Å². The molecule has 2 aromatic rings. The quantitative estimate of drug-likeness (QED) is 0.521. The predicted octanol–water partition coefficient (Wildman–Crippen LogP) is 4.62. The Morgan fingerprint density at radius 1 is 0.867 bits per heavy atom. The molecular weight excluding hydrogens is 374 g/mol. The molecule has 5 nitrogen and oxygen atoms in total. The van der Waals surface area contributed by atoms with Gasteiger partial charge >= 0.3 is 0 Å². The van der Waals surface area contributed by atoms with E-state index in [0.29, 0.717) is 19.4 Å². The summed E-state index contributed by atoms with van der Waals surface area (Å²) >= 11 is 0. The molecule has 0 bridgehead atoms. The number of carbonyl (C=O) groups is 2. The van der Waals surface area contributed by atoms with Crippen LogP contribution in [0.2, 0.25) is 0 Å². The lowest BCUT2D eigenvalue weighted by Crippen LogP contribution is -2.32. The van der Waals surface area contributed by atoms with Gasteiger partial charge in [0.15, 0.2) is 0 Å². The van der Waals surface area contributed by atoms with Gasteiger partial charge in [0.25, 0.3) is 0 Å². The van der Waals surface area contributed by atoms with Crippen molar-refractivity contribution >= 4 is 23.2 Å². The lowest BCUT2D eigenvalue weighted by Gasteiger charge is -2.24. The maximum Gasteiger partial charge on any atom is 0.231 e. The van der Waals surface area contributed by atoms with Gasteiger partial charge in [-0.15, -0.1) is 0 Å². The monoisotopic (exact) mass is 409 g/mol. The molecule has 1 N–H and O–H groups in total. The minimum Gasteiger partial charge on any atom is -0.356 e. The van der Waals surface area contributed by atoms with Crippen molar-refractivity contribution in [1.29, 1.82) is 0 Å². The fourth-order valence-electron chi connectivity index (χ4n) is 3.51. The van der Waals surface area contributed by atoms with Gasteiger partial charge in [-0.25, -0.2) is 0 Å². The van der Waals surface area contributed by atoms with E-state index in [0.717, 1.165) is 37.4 Å². The summed E-state index contributed by atoms with van der Waals surface area (Å²) in [6.07, 6.45) is 1.61. The third kappa shape index (κ3) is 7.64. The van der Waals surface area contributed by atoms with E-state index in [9.17, 15) is 9.59 Å². The highest BCUT2D eigenvalue weighted by Gasteiger charge is 2.21. The summed E-state index contributed by atoms with van der Waals surface area (Å²) < 4.78 is 0.